The van der Waals surface area contributed by atoms with E-state index in [2.05, 4.69) is 0 Å². The molecule has 0 atom stereocenters. The number of benzene rings is 2. The second-order valence-corrected chi connectivity index (χ2v) is 4.73. The normalized spacial score (nSPS) is 10.3. The Bertz CT molecular complexity index is 569. The fraction of sp³-hybridized carbons (Fsp3) is 0.250. The summed E-state index contributed by atoms with van der Waals surface area (Å²) < 4.78 is 11.3. The highest BCUT2D eigenvalue weighted by molar-refractivity contribution is 6.30. The van der Waals surface area contributed by atoms with E-state index in [-0.39, 0.29) is 6.61 Å². The number of hydrogen-bond donors (Lipinski definition) is 1. The molecule has 0 aliphatic heterocycles. The lowest BCUT2D eigenvalue weighted by atomic mass is 10.2. The first kappa shape index (κ1) is 14.7. The van der Waals surface area contributed by atoms with Crippen LogP contribution in [0.15, 0.2) is 42.5 Å². The predicted octanol–water partition coefficient (Wildman–Crippen LogP) is 3.81. The third-order valence-electron chi connectivity index (χ3n) is 2.77. The molecule has 0 heterocycles. The maximum absolute atomic E-state index is 9.15. The molecule has 2 aromatic carbocycles. The zero-order chi connectivity index (χ0) is 14.4. The zero-order valence-corrected chi connectivity index (χ0v) is 12.1. The van der Waals surface area contributed by atoms with Crippen molar-refractivity contribution in [2.75, 3.05) is 6.61 Å². The van der Waals surface area contributed by atoms with Crippen LogP contribution in [0.1, 0.15) is 18.1 Å². The Kier molecular flexibility index (Phi) is 5.27. The van der Waals surface area contributed by atoms with Crippen molar-refractivity contribution in [3.8, 4) is 11.5 Å². The standard InChI is InChI=1S/C16H17ClO3/c1-2-19-16-9-12(10-18)6-7-15(16)20-11-13-4-3-5-14(17)8-13/h3-9,18H,2,10-11H2,1H3. The molecule has 0 saturated heterocycles. The van der Waals surface area contributed by atoms with Crippen molar-refractivity contribution in [2.24, 2.45) is 0 Å². The lowest BCUT2D eigenvalue weighted by molar-refractivity contribution is 0.264. The van der Waals surface area contributed by atoms with Gasteiger partial charge >= 0.3 is 0 Å². The molecule has 4 heteroatoms. The molecule has 0 saturated carbocycles. The Morgan fingerprint density at radius 1 is 1.00 bits per heavy atom. The van der Waals surface area contributed by atoms with Gasteiger partial charge < -0.3 is 14.6 Å². The van der Waals surface area contributed by atoms with Crippen molar-refractivity contribution in [3.63, 3.8) is 0 Å². The molecule has 0 radical (unpaired) electrons. The van der Waals surface area contributed by atoms with Gasteiger partial charge in [-0.3, -0.25) is 0 Å². The number of ether oxygens (including phenoxy) is 2. The number of halogens is 1. The minimum absolute atomic E-state index is 0.0192. The van der Waals surface area contributed by atoms with Gasteiger partial charge in [0.15, 0.2) is 11.5 Å². The van der Waals surface area contributed by atoms with E-state index in [0.717, 1.165) is 11.1 Å². The van der Waals surface area contributed by atoms with Crippen molar-refractivity contribution in [1.82, 2.24) is 0 Å². The smallest absolute Gasteiger partial charge is 0.161 e. The maximum atomic E-state index is 9.15. The topological polar surface area (TPSA) is 38.7 Å². The number of rotatable bonds is 6. The van der Waals surface area contributed by atoms with Gasteiger partial charge in [0.05, 0.1) is 13.2 Å². The molecule has 20 heavy (non-hydrogen) atoms. The van der Waals surface area contributed by atoms with Crippen molar-refractivity contribution in [1.29, 1.82) is 0 Å². The molecule has 0 unspecified atom stereocenters. The second kappa shape index (κ2) is 7.17. The molecule has 2 aromatic rings. The highest BCUT2D eigenvalue weighted by atomic mass is 35.5. The predicted molar refractivity (Wildman–Crippen MR) is 79.3 cm³/mol. The summed E-state index contributed by atoms with van der Waals surface area (Å²) in [6, 6.07) is 12.9. The van der Waals surface area contributed by atoms with Crippen LogP contribution in [-0.4, -0.2) is 11.7 Å². The molecule has 3 nitrogen and oxygen atoms in total. The molecule has 0 aliphatic carbocycles. The largest absolute Gasteiger partial charge is 0.490 e. The molecule has 0 spiro atoms. The van der Waals surface area contributed by atoms with Crippen molar-refractivity contribution >= 4 is 11.6 Å². The monoisotopic (exact) mass is 292 g/mol. The van der Waals surface area contributed by atoms with E-state index in [9.17, 15) is 0 Å². The minimum Gasteiger partial charge on any atom is -0.490 e. The molecular formula is C16H17ClO3. The number of hydrogen-bond acceptors (Lipinski definition) is 3. The van der Waals surface area contributed by atoms with Gasteiger partial charge in [0.2, 0.25) is 0 Å². The van der Waals surface area contributed by atoms with E-state index in [0.29, 0.717) is 29.7 Å². The maximum Gasteiger partial charge on any atom is 0.161 e. The molecule has 0 fully saturated rings. The van der Waals surface area contributed by atoms with E-state index in [4.69, 9.17) is 26.2 Å². The highest BCUT2D eigenvalue weighted by Gasteiger charge is 2.07. The summed E-state index contributed by atoms with van der Waals surface area (Å²) in [5.41, 5.74) is 1.79. The van der Waals surface area contributed by atoms with Crippen LogP contribution in [0.5, 0.6) is 11.5 Å². The summed E-state index contributed by atoms with van der Waals surface area (Å²) in [4.78, 5) is 0. The van der Waals surface area contributed by atoms with E-state index >= 15 is 0 Å². The van der Waals surface area contributed by atoms with Gasteiger partial charge in [0, 0.05) is 5.02 Å². The summed E-state index contributed by atoms with van der Waals surface area (Å²) in [5.74, 6) is 1.30. The van der Waals surface area contributed by atoms with Crippen LogP contribution in [0.25, 0.3) is 0 Å². The van der Waals surface area contributed by atoms with Gasteiger partial charge in [-0.1, -0.05) is 29.8 Å². The number of aliphatic hydroxyl groups excluding tert-OH is 1. The summed E-state index contributed by atoms with van der Waals surface area (Å²) in [7, 11) is 0. The van der Waals surface area contributed by atoms with Crippen LogP contribution >= 0.6 is 11.6 Å². The van der Waals surface area contributed by atoms with E-state index in [1.807, 2.05) is 37.3 Å². The first-order valence-corrected chi connectivity index (χ1v) is 6.84. The summed E-state index contributed by atoms with van der Waals surface area (Å²) in [6.45, 7) is 2.85. The van der Waals surface area contributed by atoms with Crippen molar-refractivity contribution in [3.05, 3.63) is 58.6 Å². The van der Waals surface area contributed by atoms with Gasteiger partial charge in [0.25, 0.3) is 0 Å². The lowest BCUT2D eigenvalue weighted by Crippen LogP contribution is -2.00. The molecule has 2 rings (SSSR count). The Morgan fingerprint density at radius 2 is 1.85 bits per heavy atom. The molecule has 106 valence electrons. The third kappa shape index (κ3) is 3.89. The van der Waals surface area contributed by atoms with Crippen LogP contribution < -0.4 is 9.47 Å². The van der Waals surface area contributed by atoms with Gasteiger partial charge in [-0.25, -0.2) is 0 Å². The third-order valence-corrected chi connectivity index (χ3v) is 3.01. The SMILES string of the molecule is CCOc1cc(CO)ccc1OCc1cccc(Cl)c1. The molecule has 0 aliphatic rings. The average Bonchev–Trinajstić information content (AvgIpc) is 2.46. The summed E-state index contributed by atoms with van der Waals surface area (Å²) in [5, 5.41) is 9.84. The highest BCUT2D eigenvalue weighted by Crippen LogP contribution is 2.29. The van der Waals surface area contributed by atoms with E-state index < -0.39 is 0 Å². The van der Waals surface area contributed by atoms with E-state index in [1.165, 1.54) is 0 Å². The Balaban J connectivity index is 2.12. The van der Waals surface area contributed by atoms with Gasteiger partial charge in [0.1, 0.15) is 6.61 Å². The van der Waals surface area contributed by atoms with Crippen LogP contribution in [-0.2, 0) is 13.2 Å². The summed E-state index contributed by atoms with van der Waals surface area (Å²) in [6.07, 6.45) is 0. The molecular weight excluding hydrogens is 276 g/mol. The molecule has 0 aromatic heterocycles. The van der Waals surface area contributed by atoms with Crippen molar-refractivity contribution < 1.29 is 14.6 Å². The average molecular weight is 293 g/mol. The van der Waals surface area contributed by atoms with Gasteiger partial charge in [-0.15, -0.1) is 0 Å². The lowest BCUT2D eigenvalue weighted by Gasteiger charge is -2.13. The second-order valence-electron chi connectivity index (χ2n) is 4.29. The van der Waals surface area contributed by atoms with Crippen LogP contribution in [0, 0.1) is 0 Å². The van der Waals surface area contributed by atoms with Crippen LogP contribution in [0.3, 0.4) is 0 Å². The zero-order valence-electron chi connectivity index (χ0n) is 11.3. The van der Waals surface area contributed by atoms with Crippen LogP contribution in [0.4, 0.5) is 0 Å². The van der Waals surface area contributed by atoms with Crippen LogP contribution in [0.2, 0.25) is 5.02 Å². The van der Waals surface area contributed by atoms with Crippen molar-refractivity contribution in [2.45, 2.75) is 20.1 Å². The fourth-order valence-corrected chi connectivity index (χ4v) is 2.04. The molecule has 1 N–H and O–H groups in total. The van der Waals surface area contributed by atoms with Gasteiger partial charge in [-0.2, -0.15) is 0 Å². The van der Waals surface area contributed by atoms with E-state index in [1.54, 1.807) is 12.1 Å². The summed E-state index contributed by atoms with van der Waals surface area (Å²) >= 11 is 5.94. The quantitative estimate of drug-likeness (QED) is 0.880. The minimum atomic E-state index is -0.0192. The molecule has 0 amide bonds. The first-order valence-electron chi connectivity index (χ1n) is 6.46. The Hall–Kier alpha value is -1.71. The first-order chi connectivity index (χ1) is 9.72. The fourth-order valence-electron chi connectivity index (χ4n) is 1.83. The number of aliphatic hydroxyl groups is 1. The Morgan fingerprint density at radius 3 is 2.55 bits per heavy atom. The Labute approximate surface area is 123 Å². The molecule has 0 bridgehead atoms. The van der Waals surface area contributed by atoms with Gasteiger partial charge in [-0.05, 0) is 42.3 Å².